The largest absolute Gasteiger partial charge is 0.376 e. The van der Waals surface area contributed by atoms with Gasteiger partial charge in [-0.25, -0.2) is 0 Å². The van der Waals surface area contributed by atoms with Crippen molar-refractivity contribution in [2.75, 3.05) is 32.9 Å². The maximum atomic E-state index is 5.54. The van der Waals surface area contributed by atoms with Crippen LogP contribution in [0.3, 0.4) is 0 Å². The van der Waals surface area contributed by atoms with Gasteiger partial charge in [-0.2, -0.15) is 4.98 Å². The molecule has 0 amide bonds. The van der Waals surface area contributed by atoms with Gasteiger partial charge < -0.3 is 19.3 Å². The summed E-state index contributed by atoms with van der Waals surface area (Å²) in [7, 11) is 0. The molecule has 3 atom stereocenters. The van der Waals surface area contributed by atoms with Crippen LogP contribution in [0.2, 0.25) is 0 Å². The molecule has 2 fully saturated rings. The molecule has 94 valence electrons. The van der Waals surface area contributed by atoms with E-state index in [-0.39, 0.29) is 6.10 Å². The van der Waals surface area contributed by atoms with E-state index in [0.29, 0.717) is 43.4 Å². The lowest BCUT2D eigenvalue weighted by atomic mass is 9.98. The Balaban J connectivity index is 1.73. The molecule has 1 N–H and O–H groups in total. The third-order valence-electron chi connectivity index (χ3n) is 3.40. The molecule has 0 aromatic carbocycles. The summed E-state index contributed by atoms with van der Waals surface area (Å²) in [6.07, 6.45) is -0.175. The van der Waals surface area contributed by atoms with Gasteiger partial charge in [0.25, 0.3) is 0 Å². The molecular formula is C11H17N3O3. The molecule has 3 rings (SSSR count). The summed E-state index contributed by atoms with van der Waals surface area (Å²) < 4.78 is 16.2. The van der Waals surface area contributed by atoms with Crippen LogP contribution in [-0.4, -0.2) is 43.1 Å². The SMILES string of the molecule is CC1CNCC1c1nc(C2COCCO2)no1. The van der Waals surface area contributed by atoms with Crippen molar-refractivity contribution < 1.29 is 14.0 Å². The van der Waals surface area contributed by atoms with Crippen LogP contribution < -0.4 is 5.32 Å². The molecule has 0 saturated carbocycles. The monoisotopic (exact) mass is 239 g/mol. The van der Waals surface area contributed by atoms with Gasteiger partial charge in [0.1, 0.15) is 6.10 Å². The Labute approximate surface area is 99.7 Å². The summed E-state index contributed by atoms with van der Waals surface area (Å²) in [6, 6.07) is 0. The second-order valence-corrected chi connectivity index (χ2v) is 4.67. The van der Waals surface area contributed by atoms with E-state index in [1.807, 2.05) is 0 Å². The Kier molecular flexibility index (Phi) is 3.09. The molecule has 0 bridgehead atoms. The maximum Gasteiger partial charge on any atom is 0.231 e. The first kappa shape index (κ1) is 11.1. The zero-order chi connectivity index (χ0) is 11.7. The molecule has 1 aromatic rings. The highest BCUT2D eigenvalue weighted by molar-refractivity contribution is 5.02. The van der Waals surface area contributed by atoms with Crippen LogP contribution in [0.1, 0.15) is 30.7 Å². The van der Waals surface area contributed by atoms with Crippen LogP contribution in [0.15, 0.2) is 4.52 Å². The lowest BCUT2D eigenvalue weighted by Crippen LogP contribution is -2.22. The average molecular weight is 239 g/mol. The molecule has 6 heteroatoms. The van der Waals surface area contributed by atoms with Crippen molar-refractivity contribution in [3.63, 3.8) is 0 Å². The van der Waals surface area contributed by atoms with Gasteiger partial charge in [0, 0.05) is 6.54 Å². The fourth-order valence-electron chi connectivity index (χ4n) is 2.31. The molecule has 0 aliphatic carbocycles. The highest BCUT2D eigenvalue weighted by Crippen LogP contribution is 2.27. The molecular weight excluding hydrogens is 222 g/mol. The fourth-order valence-corrected chi connectivity index (χ4v) is 2.31. The highest BCUT2D eigenvalue weighted by atomic mass is 16.6. The first-order valence-corrected chi connectivity index (χ1v) is 6.08. The molecule has 3 unspecified atom stereocenters. The van der Waals surface area contributed by atoms with Gasteiger partial charge in [-0.05, 0) is 12.5 Å². The molecule has 2 aliphatic rings. The van der Waals surface area contributed by atoms with Crippen LogP contribution >= 0.6 is 0 Å². The van der Waals surface area contributed by atoms with Crippen molar-refractivity contribution in [3.8, 4) is 0 Å². The van der Waals surface area contributed by atoms with Crippen molar-refractivity contribution in [1.82, 2.24) is 15.5 Å². The average Bonchev–Trinajstić information content (AvgIpc) is 2.98. The van der Waals surface area contributed by atoms with Crippen molar-refractivity contribution in [2.24, 2.45) is 5.92 Å². The Morgan fingerprint density at radius 2 is 2.24 bits per heavy atom. The first-order chi connectivity index (χ1) is 8.34. The Bertz CT molecular complexity index is 376. The molecule has 1 aromatic heterocycles. The number of rotatable bonds is 2. The third kappa shape index (κ3) is 2.20. The van der Waals surface area contributed by atoms with Crippen molar-refractivity contribution >= 4 is 0 Å². The fraction of sp³-hybridized carbons (Fsp3) is 0.818. The molecule has 2 aliphatic heterocycles. The molecule has 17 heavy (non-hydrogen) atoms. The van der Waals surface area contributed by atoms with Gasteiger partial charge in [0.15, 0.2) is 0 Å². The number of hydrogen-bond acceptors (Lipinski definition) is 6. The van der Waals surface area contributed by atoms with Crippen LogP contribution in [0.25, 0.3) is 0 Å². The Hall–Kier alpha value is -0.980. The molecule has 6 nitrogen and oxygen atoms in total. The summed E-state index contributed by atoms with van der Waals surface area (Å²) in [5.41, 5.74) is 0. The van der Waals surface area contributed by atoms with E-state index >= 15 is 0 Å². The quantitative estimate of drug-likeness (QED) is 0.809. The van der Waals surface area contributed by atoms with E-state index in [1.165, 1.54) is 0 Å². The second kappa shape index (κ2) is 4.72. The smallest absolute Gasteiger partial charge is 0.231 e. The number of nitrogens with zero attached hydrogens (tertiary/aromatic N) is 2. The van der Waals surface area contributed by atoms with Crippen molar-refractivity contribution in [1.29, 1.82) is 0 Å². The topological polar surface area (TPSA) is 69.4 Å². The van der Waals surface area contributed by atoms with Crippen molar-refractivity contribution in [3.05, 3.63) is 11.7 Å². The van der Waals surface area contributed by atoms with Gasteiger partial charge in [-0.3, -0.25) is 0 Å². The van der Waals surface area contributed by atoms with E-state index < -0.39 is 0 Å². The summed E-state index contributed by atoms with van der Waals surface area (Å²) >= 11 is 0. The summed E-state index contributed by atoms with van der Waals surface area (Å²) in [4.78, 5) is 4.44. The molecule has 0 spiro atoms. The number of ether oxygens (including phenoxy) is 2. The normalized spacial score (nSPS) is 34.1. The first-order valence-electron chi connectivity index (χ1n) is 6.08. The molecule has 0 radical (unpaired) electrons. The third-order valence-corrected chi connectivity index (χ3v) is 3.40. The van der Waals surface area contributed by atoms with Crippen LogP contribution in [-0.2, 0) is 9.47 Å². The summed E-state index contributed by atoms with van der Waals surface area (Å²) in [5.74, 6) is 2.18. The minimum Gasteiger partial charge on any atom is -0.376 e. The predicted molar refractivity (Wildman–Crippen MR) is 58.6 cm³/mol. The highest BCUT2D eigenvalue weighted by Gasteiger charge is 2.31. The molecule has 2 saturated heterocycles. The van der Waals surface area contributed by atoms with Gasteiger partial charge >= 0.3 is 0 Å². The standard InChI is InChI=1S/C11H17N3O3/c1-7-4-12-5-8(7)11-13-10(14-17-11)9-6-15-2-3-16-9/h7-9,12H,2-6H2,1H3. The van der Waals surface area contributed by atoms with Gasteiger partial charge in [0.05, 0.1) is 25.7 Å². The van der Waals surface area contributed by atoms with Crippen molar-refractivity contribution in [2.45, 2.75) is 18.9 Å². The summed E-state index contributed by atoms with van der Waals surface area (Å²) in [5, 5.41) is 7.33. The number of nitrogens with one attached hydrogen (secondary N) is 1. The van der Waals surface area contributed by atoms with Gasteiger partial charge in [-0.15, -0.1) is 0 Å². The predicted octanol–water partition coefficient (Wildman–Crippen LogP) is 0.480. The van der Waals surface area contributed by atoms with E-state index in [1.54, 1.807) is 0 Å². The lowest BCUT2D eigenvalue weighted by Gasteiger charge is -2.19. The number of hydrogen-bond donors (Lipinski definition) is 1. The number of aromatic nitrogens is 2. The van der Waals surface area contributed by atoms with E-state index in [4.69, 9.17) is 14.0 Å². The second-order valence-electron chi connectivity index (χ2n) is 4.67. The van der Waals surface area contributed by atoms with Crippen LogP contribution in [0.5, 0.6) is 0 Å². The minimum absolute atomic E-state index is 0.175. The van der Waals surface area contributed by atoms with Gasteiger partial charge in [-0.1, -0.05) is 12.1 Å². The zero-order valence-corrected chi connectivity index (χ0v) is 9.89. The van der Waals surface area contributed by atoms with E-state index in [0.717, 1.165) is 13.1 Å². The Morgan fingerprint density at radius 3 is 2.94 bits per heavy atom. The minimum atomic E-state index is -0.175. The maximum absolute atomic E-state index is 5.54. The Morgan fingerprint density at radius 1 is 1.29 bits per heavy atom. The lowest BCUT2D eigenvalue weighted by molar-refractivity contribution is -0.0941. The van der Waals surface area contributed by atoms with Crippen LogP contribution in [0, 0.1) is 5.92 Å². The zero-order valence-electron chi connectivity index (χ0n) is 9.89. The molecule has 3 heterocycles. The van der Waals surface area contributed by atoms with Crippen LogP contribution in [0.4, 0.5) is 0 Å². The summed E-state index contributed by atoms with van der Waals surface area (Å²) in [6.45, 7) is 5.85. The van der Waals surface area contributed by atoms with E-state index in [2.05, 4.69) is 22.4 Å². The van der Waals surface area contributed by atoms with E-state index in [9.17, 15) is 0 Å². The van der Waals surface area contributed by atoms with Gasteiger partial charge in [0.2, 0.25) is 11.7 Å².